The van der Waals surface area contributed by atoms with Crippen LogP contribution in [0.5, 0.6) is 0 Å². The fraction of sp³-hybridized carbons (Fsp3) is 0.222. The van der Waals surface area contributed by atoms with Gasteiger partial charge in [0.25, 0.3) is 0 Å². The number of rotatable bonds is 1. The third-order valence-electron chi connectivity index (χ3n) is 4.50. The molecule has 100 valence electrons. The molecule has 1 atom stereocenters. The lowest BCUT2D eigenvalue weighted by Crippen LogP contribution is -2.33. The minimum Gasteiger partial charge on any atom is -0.385 e. The van der Waals surface area contributed by atoms with Crippen LogP contribution < -0.4 is 0 Å². The molecule has 1 aromatic heterocycles. The Kier molecular flexibility index (Phi) is 2.48. The first-order valence-electron chi connectivity index (χ1n) is 7.11. The van der Waals surface area contributed by atoms with Gasteiger partial charge < -0.3 is 10.1 Å². The third kappa shape index (κ3) is 1.76. The van der Waals surface area contributed by atoms with Gasteiger partial charge in [0.15, 0.2) is 0 Å². The normalized spacial score (nSPS) is 21.9. The predicted molar refractivity (Wildman–Crippen MR) is 80.7 cm³/mol. The first-order chi connectivity index (χ1) is 9.74. The summed E-state index contributed by atoms with van der Waals surface area (Å²) in [5.41, 5.74) is 4.06. The second kappa shape index (κ2) is 4.22. The number of benzene rings is 2. The summed E-state index contributed by atoms with van der Waals surface area (Å²) < 4.78 is 0. The number of aryl methyl sites for hydroxylation is 1. The molecule has 2 N–H and O–H groups in total. The van der Waals surface area contributed by atoms with E-state index in [0.717, 1.165) is 29.3 Å². The molecule has 2 aromatic carbocycles. The molecule has 2 nitrogen and oxygen atoms in total. The molecule has 20 heavy (non-hydrogen) atoms. The molecule has 0 saturated carbocycles. The molecular weight excluding hydrogens is 246 g/mol. The van der Waals surface area contributed by atoms with E-state index in [2.05, 4.69) is 47.4 Å². The Bertz CT molecular complexity index is 774. The number of nitrogens with one attached hydrogen (secondary N) is 1. The maximum absolute atomic E-state index is 11.1. The summed E-state index contributed by atoms with van der Waals surface area (Å²) in [5.74, 6) is 0. The van der Waals surface area contributed by atoms with Gasteiger partial charge in [0, 0.05) is 18.1 Å². The quantitative estimate of drug-likeness (QED) is 0.692. The van der Waals surface area contributed by atoms with Gasteiger partial charge in [0.2, 0.25) is 0 Å². The van der Waals surface area contributed by atoms with Gasteiger partial charge in [-0.15, -0.1) is 0 Å². The molecule has 1 aliphatic carbocycles. The van der Waals surface area contributed by atoms with Crippen LogP contribution in [0, 0.1) is 0 Å². The van der Waals surface area contributed by atoms with Crippen molar-refractivity contribution in [1.82, 2.24) is 4.98 Å². The molecule has 4 rings (SSSR count). The zero-order chi connectivity index (χ0) is 13.6. The third-order valence-corrected chi connectivity index (χ3v) is 4.50. The Hall–Kier alpha value is -2.06. The smallest absolute Gasteiger partial charge is 0.0940 e. The summed E-state index contributed by atoms with van der Waals surface area (Å²) in [6.45, 7) is 0. The highest BCUT2D eigenvalue weighted by molar-refractivity contribution is 5.80. The maximum atomic E-state index is 11.1. The van der Waals surface area contributed by atoms with E-state index in [4.69, 9.17) is 0 Å². The summed E-state index contributed by atoms with van der Waals surface area (Å²) in [6, 6.07) is 16.7. The van der Waals surface area contributed by atoms with Crippen LogP contribution in [0.1, 0.15) is 23.1 Å². The van der Waals surface area contributed by atoms with E-state index in [-0.39, 0.29) is 0 Å². The minimum absolute atomic E-state index is 0.707. The van der Waals surface area contributed by atoms with Gasteiger partial charge in [0.1, 0.15) is 0 Å². The number of hydrogen-bond acceptors (Lipinski definition) is 1. The Morgan fingerprint density at radius 1 is 1.00 bits per heavy atom. The zero-order valence-electron chi connectivity index (χ0n) is 11.3. The van der Waals surface area contributed by atoms with Gasteiger partial charge >= 0.3 is 0 Å². The summed E-state index contributed by atoms with van der Waals surface area (Å²) in [5, 5.41) is 12.2. The summed E-state index contributed by atoms with van der Waals surface area (Å²) in [7, 11) is 0. The van der Waals surface area contributed by atoms with Gasteiger partial charge in [-0.2, -0.15) is 0 Å². The van der Waals surface area contributed by atoms with Crippen LogP contribution >= 0.6 is 0 Å². The number of fused-ring (bicyclic) bond motifs is 2. The van der Waals surface area contributed by atoms with Crippen LogP contribution in [0.4, 0.5) is 0 Å². The lowest BCUT2D eigenvalue weighted by atomic mass is 9.76. The number of hydrogen-bond donors (Lipinski definition) is 2. The van der Waals surface area contributed by atoms with Crippen LogP contribution in [-0.2, 0) is 18.4 Å². The van der Waals surface area contributed by atoms with Crippen LogP contribution in [0.15, 0.2) is 54.7 Å². The van der Waals surface area contributed by atoms with Crippen molar-refractivity contribution in [3.05, 3.63) is 71.4 Å². The lowest BCUT2D eigenvalue weighted by molar-refractivity contribution is 0.0224. The molecule has 1 heterocycles. The highest BCUT2D eigenvalue weighted by Crippen LogP contribution is 2.37. The number of H-pyrrole nitrogens is 1. The van der Waals surface area contributed by atoms with Crippen molar-refractivity contribution in [2.24, 2.45) is 0 Å². The van der Waals surface area contributed by atoms with Gasteiger partial charge in [-0.1, -0.05) is 30.3 Å². The van der Waals surface area contributed by atoms with E-state index >= 15 is 0 Å². The average Bonchev–Trinajstić information content (AvgIpc) is 2.94. The van der Waals surface area contributed by atoms with Crippen LogP contribution in [0.3, 0.4) is 0 Å². The standard InChI is InChI=1S/C18H17NO/c20-18(9-7-13-3-1-2-4-15(13)12-18)16-5-6-17-14(11-16)8-10-19-17/h1-6,8,10-11,19-20H,7,9,12H2. The summed E-state index contributed by atoms with van der Waals surface area (Å²) >= 11 is 0. The fourth-order valence-electron chi connectivity index (χ4n) is 3.31. The molecule has 0 saturated heterocycles. The first-order valence-corrected chi connectivity index (χ1v) is 7.11. The maximum Gasteiger partial charge on any atom is 0.0940 e. The fourth-order valence-corrected chi connectivity index (χ4v) is 3.31. The van der Waals surface area contributed by atoms with E-state index < -0.39 is 5.60 Å². The van der Waals surface area contributed by atoms with Gasteiger partial charge in [-0.25, -0.2) is 0 Å². The van der Waals surface area contributed by atoms with E-state index in [0.29, 0.717) is 6.42 Å². The molecule has 2 heteroatoms. The Balaban J connectivity index is 1.77. The summed E-state index contributed by atoms with van der Waals surface area (Å²) in [4.78, 5) is 3.20. The second-order valence-corrected chi connectivity index (χ2v) is 5.76. The highest BCUT2D eigenvalue weighted by atomic mass is 16.3. The predicted octanol–water partition coefficient (Wildman–Crippen LogP) is 3.54. The Labute approximate surface area is 118 Å². The topological polar surface area (TPSA) is 36.0 Å². The van der Waals surface area contributed by atoms with Crippen molar-refractivity contribution in [3.8, 4) is 0 Å². The van der Waals surface area contributed by atoms with Crippen molar-refractivity contribution >= 4 is 10.9 Å². The average molecular weight is 263 g/mol. The number of aromatic amines is 1. The van der Waals surface area contributed by atoms with Crippen LogP contribution in [0.25, 0.3) is 10.9 Å². The molecule has 0 radical (unpaired) electrons. The molecule has 3 aromatic rings. The highest BCUT2D eigenvalue weighted by Gasteiger charge is 2.33. The van der Waals surface area contributed by atoms with Gasteiger partial charge in [-0.3, -0.25) is 0 Å². The monoisotopic (exact) mass is 263 g/mol. The minimum atomic E-state index is -0.736. The van der Waals surface area contributed by atoms with Gasteiger partial charge in [0.05, 0.1) is 5.60 Å². The molecule has 0 spiro atoms. The van der Waals surface area contributed by atoms with Crippen molar-refractivity contribution < 1.29 is 5.11 Å². The van der Waals surface area contributed by atoms with Gasteiger partial charge in [-0.05, 0) is 53.1 Å². The lowest BCUT2D eigenvalue weighted by Gasteiger charge is -2.34. The molecule has 1 aliphatic rings. The molecule has 0 aliphatic heterocycles. The second-order valence-electron chi connectivity index (χ2n) is 5.76. The van der Waals surface area contributed by atoms with Crippen molar-refractivity contribution in [2.45, 2.75) is 24.9 Å². The van der Waals surface area contributed by atoms with E-state index in [9.17, 15) is 5.11 Å². The largest absolute Gasteiger partial charge is 0.385 e. The molecule has 0 amide bonds. The van der Waals surface area contributed by atoms with E-state index in [1.807, 2.05) is 12.3 Å². The molecular formula is C18H17NO. The van der Waals surface area contributed by atoms with Crippen molar-refractivity contribution in [3.63, 3.8) is 0 Å². The van der Waals surface area contributed by atoms with E-state index in [1.165, 1.54) is 11.1 Å². The Morgan fingerprint density at radius 2 is 1.85 bits per heavy atom. The zero-order valence-corrected chi connectivity index (χ0v) is 11.3. The van der Waals surface area contributed by atoms with Crippen LogP contribution in [0.2, 0.25) is 0 Å². The number of aromatic nitrogens is 1. The van der Waals surface area contributed by atoms with E-state index in [1.54, 1.807) is 0 Å². The number of aliphatic hydroxyl groups is 1. The molecule has 0 fully saturated rings. The Morgan fingerprint density at radius 3 is 2.75 bits per heavy atom. The van der Waals surface area contributed by atoms with Crippen molar-refractivity contribution in [1.29, 1.82) is 0 Å². The molecule has 0 bridgehead atoms. The van der Waals surface area contributed by atoms with Crippen LogP contribution in [-0.4, -0.2) is 10.1 Å². The SMILES string of the molecule is OC1(c2ccc3[nH]ccc3c2)CCc2ccccc2C1. The molecule has 1 unspecified atom stereocenters. The first kappa shape index (κ1) is 11.7. The summed E-state index contributed by atoms with van der Waals surface area (Å²) in [6.07, 6.45) is 4.38. The van der Waals surface area contributed by atoms with Crippen molar-refractivity contribution in [2.75, 3.05) is 0 Å².